The molecule has 0 atom stereocenters. The molecule has 0 aliphatic carbocycles. The lowest BCUT2D eigenvalue weighted by Crippen LogP contribution is -2.50. The van der Waals surface area contributed by atoms with Gasteiger partial charge in [-0.05, 0) is 31.0 Å². The van der Waals surface area contributed by atoms with Crippen LogP contribution in [0.1, 0.15) is 49.9 Å². The van der Waals surface area contributed by atoms with Crippen LogP contribution in [-0.4, -0.2) is 65.0 Å². The van der Waals surface area contributed by atoms with Crippen molar-refractivity contribution in [1.29, 1.82) is 0 Å². The number of amides is 1. The van der Waals surface area contributed by atoms with Crippen LogP contribution in [0.5, 0.6) is 5.75 Å². The standard InChI is InChI=1S/C20H28N4O5S/c1-14(2)20-21-18(29-22-20)5-4-6-19(26)23-9-11-24(12-10-23)30(27,28)17-13-15(3)7-8-16(17)25/h7-8,13-14,25H,4-6,9-12H2,1-3H3. The van der Waals surface area contributed by atoms with Crippen molar-refractivity contribution in [3.05, 3.63) is 35.5 Å². The summed E-state index contributed by atoms with van der Waals surface area (Å²) in [5.74, 6) is 1.10. The molecule has 0 spiro atoms. The van der Waals surface area contributed by atoms with Gasteiger partial charge in [-0.1, -0.05) is 25.1 Å². The molecule has 3 rings (SSSR count). The third kappa shape index (κ3) is 4.99. The Hall–Kier alpha value is -2.46. The van der Waals surface area contributed by atoms with E-state index in [0.29, 0.717) is 44.1 Å². The normalized spacial score (nSPS) is 15.7. The van der Waals surface area contributed by atoms with Crippen LogP contribution in [0.15, 0.2) is 27.6 Å². The second-order valence-corrected chi connectivity index (χ2v) is 9.72. The van der Waals surface area contributed by atoms with Gasteiger partial charge in [0.15, 0.2) is 5.82 Å². The summed E-state index contributed by atoms with van der Waals surface area (Å²) in [4.78, 5) is 18.4. The molecule has 30 heavy (non-hydrogen) atoms. The topological polar surface area (TPSA) is 117 Å². The maximum absolute atomic E-state index is 12.9. The van der Waals surface area contributed by atoms with E-state index in [1.807, 2.05) is 13.8 Å². The molecule has 1 aromatic heterocycles. The Morgan fingerprint density at radius 3 is 2.57 bits per heavy atom. The van der Waals surface area contributed by atoms with E-state index in [2.05, 4.69) is 10.1 Å². The molecule has 2 heterocycles. The zero-order valence-electron chi connectivity index (χ0n) is 17.5. The number of aromatic hydroxyl groups is 1. The van der Waals surface area contributed by atoms with Crippen LogP contribution in [0.25, 0.3) is 0 Å². The maximum Gasteiger partial charge on any atom is 0.246 e. The summed E-state index contributed by atoms with van der Waals surface area (Å²) in [5.41, 5.74) is 0.752. The minimum absolute atomic E-state index is 0.0194. The molecule has 164 valence electrons. The Kier molecular flexibility index (Phi) is 6.77. The first kappa shape index (κ1) is 22.2. The number of phenolic OH excluding ortho intramolecular Hbond substituents is 1. The zero-order valence-corrected chi connectivity index (χ0v) is 18.4. The smallest absolute Gasteiger partial charge is 0.246 e. The van der Waals surface area contributed by atoms with Gasteiger partial charge in [-0.3, -0.25) is 4.79 Å². The Bertz CT molecular complexity index is 994. The third-order valence-electron chi connectivity index (χ3n) is 5.11. The quantitative estimate of drug-likeness (QED) is 0.706. The average molecular weight is 437 g/mol. The predicted molar refractivity (Wildman–Crippen MR) is 110 cm³/mol. The first-order valence-corrected chi connectivity index (χ1v) is 11.5. The summed E-state index contributed by atoms with van der Waals surface area (Å²) in [6.07, 6.45) is 1.46. The lowest BCUT2D eigenvalue weighted by atomic mass is 10.2. The van der Waals surface area contributed by atoms with Gasteiger partial charge < -0.3 is 14.5 Å². The molecule has 1 aliphatic heterocycles. The van der Waals surface area contributed by atoms with Crippen molar-refractivity contribution < 1.29 is 22.8 Å². The molecule has 1 N–H and O–H groups in total. The van der Waals surface area contributed by atoms with Gasteiger partial charge in [-0.25, -0.2) is 8.42 Å². The Morgan fingerprint density at radius 2 is 1.93 bits per heavy atom. The molecule has 1 amide bonds. The number of rotatable bonds is 7. The highest BCUT2D eigenvalue weighted by Gasteiger charge is 2.31. The zero-order chi connectivity index (χ0) is 21.9. The second-order valence-electron chi connectivity index (χ2n) is 7.81. The van der Waals surface area contributed by atoms with Crippen LogP contribution in [-0.2, 0) is 21.2 Å². The number of sulfonamides is 1. The monoisotopic (exact) mass is 436 g/mol. The van der Waals surface area contributed by atoms with E-state index in [-0.39, 0.29) is 35.6 Å². The van der Waals surface area contributed by atoms with Crippen LogP contribution >= 0.6 is 0 Å². The van der Waals surface area contributed by atoms with E-state index in [1.165, 1.54) is 16.4 Å². The van der Waals surface area contributed by atoms with Gasteiger partial charge in [0.05, 0.1) is 0 Å². The number of carbonyl (C=O) groups is 1. The van der Waals surface area contributed by atoms with Crippen molar-refractivity contribution in [1.82, 2.24) is 19.3 Å². The van der Waals surface area contributed by atoms with Gasteiger partial charge in [-0.2, -0.15) is 9.29 Å². The molecule has 9 nitrogen and oxygen atoms in total. The van der Waals surface area contributed by atoms with E-state index >= 15 is 0 Å². The van der Waals surface area contributed by atoms with Crippen LogP contribution in [0.3, 0.4) is 0 Å². The average Bonchev–Trinajstić information content (AvgIpc) is 3.19. The van der Waals surface area contributed by atoms with Gasteiger partial charge in [0.2, 0.25) is 21.8 Å². The highest BCUT2D eigenvalue weighted by Crippen LogP contribution is 2.27. The van der Waals surface area contributed by atoms with Crippen molar-refractivity contribution >= 4 is 15.9 Å². The first-order valence-electron chi connectivity index (χ1n) is 10.1. The second kappa shape index (κ2) is 9.13. The molecule has 1 saturated heterocycles. The molecular weight excluding hydrogens is 408 g/mol. The van der Waals surface area contributed by atoms with Crippen molar-refractivity contribution in [3.63, 3.8) is 0 Å². The summed E-state index contributed by atoms with van der Waals surface area (Å²) < 4.78 is 32.2. The summed E-state index contributed by atoms with van der Waals surface area (Å²) >= 11 is 0. The first-order chi connectivity index (χ1) is 14.2. The summed E-state index contributed by atoms with van der Waals surface area (Å²) in [7, 11) is -3.80. The Balaban J connectivity index is 1.50. The van der Waals surface area contributed by atoms with Crippen LogP contribution in [0.4, 0.5) is 0 Å². The number of benzene rings is 1. The number of aromatic nitrogens is 2. The third-order valence-corrected chi connectivity index (χ3v) is 7.03. The van der Waals surface area contributed by atoms with E-state index < -0.39 is 10.0 Å². The van der Waals surface area contributed by atoms with E-state index in [1.54, 1.807) is 17.9 Å². The molecular formula is C20H28N4O5S. The number of nitrogens with zero attached hydrogens (tertiary/aromatic N) is 4. The number of phenols is 1. The number of aryl methyl sites for hydroxylation is 2. The Morgan fingerprint density at radius 1 is 1.23 bits per heavy atom. The molecule has 0 bridgehead atoms. The van der Waals surface area contributed by atoms with Crippen molar-refractivity contribution in [2.45, 2.75) is 50.8 Å². The molecule has 1 aliphatic rings. The number of hydrogen-bond acceptors (Lipinski definition) is 7. The van der Waals surface area contributed by atoms with E-state index in [4.69, 9.17) is 4.52 Å². The highest BCUT2D eigenvalue weighted by molar-refractivity contribution is 7.89. The molecule has 10 heteroatoms. The van der Waals surface area contributed by atoms with Crippen molar-refractivity contribution in [2.75, 3.05) is 26.2 Å². The fourth-order valence-corrected chi connectivity index (χ4v) is 4.89. The van der Waals surface area contributed by atoms with E-state index in [9.17, 15) is 18.3 Å². The molecule has 0 saturated carbocycles. The fourth-order valence-electron chi connectivity index (χ4n) is 3.30. The van der Waals surface area contributed by atoms with Gasteiger partial charge in [0.25, 0.3) is 0 Å². The lowest BCUT2D eigenvalue weighted by molar-refractivity contribution is -0.132. The van der Waals surface area contributed by atoms with E-state index in [0.717, 1.165) is 5.56 Å². The highest BCUT2D eigenvalue weighted by atomic mass is 32.2. The molecule has 2 aromatic rings. The predicted octanol–water partition coefficient (Wildman–Crippen LogP) is 2.06. The molecule has 1 aromatic carbocycles. The molecule has 0 radical (unpaired) electrons. The van der Waals surface area contributed by atoms with Crippen molar-refractivity contribution in [3.8, 4) is 5.75 Å². The minimum Gasteiger partial charge on any atom is -0.507 e. The SMILES string of the molecule is Cc1ccc(O)c(S(=O)(=O)N2CCN(C(=O)CCCc3nc(C(C)C)no3)CC2)c1. The minimum atomic E-state index is -3.80. The lowest BCUT2D eigenvalue weighted by Gasteiger charge is -2.34. The summed E-state index contributed by atoms with van der Waals surface area (Å²) in [5, 5.41) is 13.9. The maximum atomic E-state index is 12.9. The van der Waals surface area contributed by atoms with Gasteiger partial charge >= 0.3 is 0 Å². The summed E-state index contributed by atoms with van der Waals surface area (Å²) in [6.45, 7) is 6.78. The van der Waals surface area contributed by atoms with Gasteiger partial charge in [0, 0.05) is 44.9 Å². The molecule has 0 unspecified atom stereocenters. The largest absolute Gasteiger partial charge is 0.507 e. The number of piperazine rings is 1. The number of hydrogen-bond donors (Lipinski definition) is 1. The van der Waals surface area contributed by atoms with Gasteiger partial charge in [-0.15, -0.1) is 0 Å². The fraction of sp³-hybridized carbons (Fsp3) is 0.550. The van der Waals surface area contributed by atoms with Crippen LogP contribution < -0.4 is 0 Å². The van der Waals surface area contributed by atoms with Gasteiger partial charge in [0.1, 0.15) is 10.6 Å². The van der Waals surface area contributed by atoms with Crippen LogP contribution in [0.2, 0.25) is 0 Å². The molecule has 1 fully saturated rings. The van der Waals surface area contributed by atoms with Crippen LogP contribution in [0, 0.1) is 6.92 Å². The Labute approximate surface area is 176 Å². The number of carbonyl (C=O) groups excluding carboxylic acids is 1. The summed E-state index contributed by atoms with van der Waals surface area (Å²) in [6, 6.07) is 4.50. The van der Waals surface area contributed by atoms with Crippen molar-refractivity contribution in [2.24, 2.45) is 0 Å².